The summed E-state index contributed by atoms with van der Waals surface area (Å²) in [5, 5.41) is -0.149. The van der Waals surface area contributed by atoms with Crippen LogP contribution in [-0.4, -0.2) is 71.8 Å². The Kier molecular flexibility index (Phi) is 6.25. The SMILES string of the molecule is CC1C2CC3C(O2)C1CS3(=O)=O.CC1CCS(=O)(=O)C1.CC1CCS(=O)(=O)O1. The summed E-state index contributed by atoms with van der Waals surface area (Å²) in [5.74, 6) is 2.55. The Labute approximate surface area is 168 Å². The average Bonchev–Trinajstić information content (AvgIpc) is 3.29. The molecule has 5 heterocycles. The molecule has 5 rings (SSSR count). The molecular formula is C17H30O8S3. The van der Waals surface area contributed by atoms with E-state index in [0.717, 1.165) is 12.8 Å². The van der Waals surface area contributed by atoms with Gasteiger partial charge in [0.25, 0.3) is 10.1 Å². The van der Waals surface area contributed by atoms with E-state index in [2.05, 4.69) is 11.1 Å². The van der Waals surface area contributed by atoms with Gasteiger partial charge in [0.05, 0.1) is 46.6 Å². The van der Waals surface area contributed by atoms with Crippen molar-refractivity contribution in [2.45, 2.75) is 63.6 Å². The van der Waals surface area contributed by atoms with Gasteiger partial charge >= 0.3 is 0 Å². The molecule has 0 aromatic carbocycles. The van der Waals surface area contributed by atoms with Crippen LogP contribution in [0, 0.1) is 17.8 Å². The third kappa shape index (κ3) is 4.91. The lowest BCUT2D eigenvalue weighted by Gasteiger charge is -2.18. The monoisotopic (exact) mass is 458 g/mol. The maximum Gasteiger partial charge on any atom is 0.267 e. The van der Waals surface area contributed by atoms with Crippen molar-refractivity contribution in [3.8, 4) is 0 Å². The largest absolute Gasteiger partial charge is 0.373 e. The van der Waals surface area contributed by atoms with Gasteiger partial charge in [-0.1, -0.05) is 13.8 Å². The first-order valence-corrected chi connectivity index (χ1v) is 14.9. The van der Waals surface area contributed by atoms with Crippen LogP contribution in [-0.2, 0) is 38.7 Å². The van der Waals surface area contributed by atoms with E-state index in [-0.39, 0.29) is 29.3 Å². The molecule has 5 aliphatic heterocycles. The zero-order valence-electron chi connectivity index (χ0n) is 16.5. The van der Waals surface area contributed by atoms with Crippen molar-refractivity contribution in [1.82, 2.24) is 0 Å². The molecule has 164 valence electrons. The number of sulfone groups is 2. The summed E-state index contributed by atoms with van der Waals surface area (Å²) in [4.78, 5) is 0. The number of fused-ring (bicyclic) bond motifs is 1. The Hall–Kier alpha value is -0.230. The first kappa shape index (κ1) is 22.5. The zero-order valence-corrected chi connectivity index (χ0v) is 18.9. The van der Waals surface area contributed by atoms with E-state index in [9.17, 15) is 25.3 Å². The minimum atomic E-state index is -3.10. The highest BCUT2D eigenvalue weighted by Gasteiger charge is 2.62. The Bertz CT molecular complexity index is 851. The van der Waals surface area contributed by atoms with E-state index >= 15 is 0 Å². The van der Waals surface area contributed by atoms with Gasteiger partial charge in [-0.15, -0.1) is 0 Å². The normalized spacial score (nSPS) is 45.8. The van der Waals surface area contributed by atoms with Gasteiger partial charge in [-0.05, 0) is 38.0 Å². The smallest absolute Gasteiger partial charge is 0.267 e. The fourth-order valence-electron chi connectivity index (χ4n) is 4.63. The highest BCUT2D eigenvalue weighted by atomic mass is 32.2. The highest BCUT2D eigenvalue weighted by Crippen LogP contribution is 2.51. The van der Waals surface area contributed by atoms with Crippen LogP contribution in [0.25, 0.3) is 0 Å². The molecule has 5 fully saturated rings. The minimum Gasteiger partial charge on any atom is -0.373 e. The van der Waals surface area contributed by atoms with Crippen molar-refractivity contribution >= 4 is 29.8 Å². The van der Waals surface area contributed by atoms with Gasteiger partial charge in [-0.25, -0.2) is 16.8 Å². The molecule has 8 nitrogen and oxygen atoms in total. The van der Waals surface area contributed by atoms with Gasteiger partial charge in [0.15, 0.2) is 19.7 Å². The molecule has 0 N–H and O–H groups in total. The minimum absolute atomic E-state index is 0.0509. The van der Waals surface area contributed by atoms with Crippen LogP contribution in [0.4, 0.5) is 0 Å². The molecule has 7 atom stereocenters. The predicted octanol–water partition coefficient (Wildman–Crippen LogP) is 0.773. The van der Waals surface area contributed by atoms with Crippen LogP contribution in [0.3, 0.4) is 0 Å². The summed E-state index contributed by atoms with van der Waals surface area (Å²) < 4.78 is 75.4. The molecule has 0 amide bonds. The first-order valence-electron chi connectivity index (χ1n) is 9.78. The topological polar surface area (TPSA) is 121 Å². The van der Waals surface area contributed by atoms with E-state index in [1.165, 1.54) is 0 Å². The summed E-state index contributed by atoms with van der Waals surface area (Å²) in [7, 11) is -8.48. The quantitative estimate of drug-likeness (QED) is 0.488. The zero-order chi connectivity index (χ0) is 20.9. The number of hydrogen-bond acceptors (Lipinski definition) is 8. The van der Waals surface area contributed by atoms with Crippen molar-refractivity contribution in [2.75, 3.05) is 23.0 Å². The third-order valence-corrected chi connectivity index (χ3v) is 11.8. The summed E-state index contributed by atoms with van der Waals surface area (Å²) in [6.45, 7) is 5.85. The fourth-order valence-corrected chi connectivity index (χ4v) is 10.3. The molecule has 2 bridgehead atoms. The summed E-state index contributed by atoms with van der Waals surface area (Å²) in [6, 6.07) is 0. The van der Waals surface area contributed by atoms with Crippen LogP contribution in [0.2, 0.25) is 0 Å². The molecule has 0 aliphatic carbocycles. The third-order valence-electron chi connectivity index (χ3n) is 6.28. The molecule has 5 aliphatic rings. The molecule has 28 heavy (non-hydrogen) atoms. The van der Waals surface area contributed by atoms with Crippen molar-refractivity contribution in [3.63, 3.8) is 0 Å². The lowest BCUT2D eigenvalue weighted by molar-refractivity contribution is 0.0923. The molecule has 11 heteroatoms. The van der Waals surface area contributed by atoms with E-state index < -0.39 is 29.8 Å². The second-order valence-corrected chi connectivity index (χ2v) is 14.9. The number of ether oxygens (including phenoxy) is 1. The lowest BCUT2D eigenvalue weighted by atomic mass is 9.82. The highest BCUT2D eigenvalue weighted by molar-refractivity contribution is 7.92. The predicted molar refractivity (Wildman–Crippen MR) is 105 cm³/mol. The van der Waals surface area contributed by atoms with E-state index in [4.69, 9.17) is 4.74 Å². The molecular weight excluding hydrogens is 428 g/mol. The Morgan fingerprint density at radius 3 is 1.86 bits per heavy atom. The first-order chi connectivity index (χ1) is 12.8. The maximum absolute atomic E-state index is 11.5. The van der Waals surface area contributed by atoms with Gasteiger partial charge in [0.2, 0.25) is 0 Å². The molecule has 0 aromatic heterocycles. The van der Waals surface area contributed by atoms with E-state index in [1.807, 2.05) is 6.92 Å². The molecule has 0 spiro atoms. The fraction of sp³-hybridized carbons (Fsp3) is 1.00. The lowest BCUT2D eigenvalue weighted by Crippen LogP contribution is -2.29. The molecule has 0 saturated carbocycles. The van der Waals surface area contributed by atoms with Crippen molar-refractivity contribution in [1.29, 1.82) is 0 Å². The number of hydrogen-bond donors (Lipinski definition) is 0. The molecule has 0 radical (unpaired) electrons. The maximum atomic E-state index is 11.5. The van der Waals surface area contributed by atoms with Crippen molar-refractivity contribution < 1.29 is 34.2 Å². The standard InChI is InChI=1S/C8H12O3S.C5H10O2S.C4H8O3S/c1-4-5-3-12(9,10)7-2-6(4)11-8(5)7;1-5-2-3-8(6,7)4-5;1-4-2-3-8(5,6)7-4/h4-8H,2-3H2,1H3;5H,2-4H2,1H3;4H,2-3H2,1H3. The summed E-state index contributed by atoms with van der Waals surface area (Å²) in [6.07, 6.45) is 2.45. The van der Waals surface area contributed by atoms with Crippen LogP contribution in [0.15, 0.2) is 0 Å². The van der Waals surface area contributed by atoms with E-state index in [0.29, 0.717) is 41.4 Å². The molecule has 5 saturated heterocycles. The second kappa shape index (κ2) is 7.79. The van der Waals surface area contributed by atoms with E-state index in [1.54, 1.807) is 6.92 Å². The van der Waals surface area contributed by atoms with Crippen molar-refractivity contribution in [2.24, 2.45) is 17.8 Å². The van der Waals surface area contributed by atoms with Gasteiger partial charge in [-0.3, -0.25) is 4.18 Å². The molecule has 7 unspecified atom stereocenters. The van der Waals surface area contributed by atoms with Gasteiger partial charge in [-0.2, -0.15) is 8.42 Å². The number of rotatable bonds is 0. The Balaban J connectivity index is 0.000000126. The van der Waals surface area contributed by atoms with Crippen LogP contribution >= 0.6 is 0 Å². The summed E-state index contributed by atoms with van der Waals surface area (Å²) in [5.41, 5.74) is 0. The Morgan fingerprint density at radius 2 is 1.54 bits per heavy atom. The second-order valence-electron chi connectivity index (χ2n) is 8.73. The van der Waals surface area contributed by atoms with Gasteiger partial charge in [0, 0.05) is 5.92 Å². The van der Waals surface area contributed by atoms with Gasteiger partial charge in [0.1, 0.15) is 0 Å². The molecule has 0 aromatic rings. The van der Waals surface area contributed by atoms with Crippen LogP contribution in [0.5, 0.6) is 0 Å². The van der Waals surface area contributed by atoms with Crippen LogP contribution < -0.4 is 0 Å². The summed E-state index contributed by atoms with van der Waals surface area (Å²) >= 11 is 0. The average molecular weight is 459 g/mol. The Morgan fingerprint density at radius 1 is 0.857 bits per heavy atom. The van der Waals surface area contributed by atoms with Crippen LogP contribution in [0.1, 0.15) is 40.0 Å². The van der Waals surface area contributed by atoms with Crippen molar-refractivity contribution in [3.05, 3.63) is 0 Å². The van der Waals surface area contributed by atoms with Gasteiger partial charge < -0.3 is 4.74 Å².